The lowest BCUT2D eigenvalue weighted by Crippen LogP contribution is -2.35. The van der Waals surface area contributed by atoms with E-state index in [4.69, 9.17) is 0 Å². The lowest BCUT2D eigenvalue weighted by atomic mass is 10.0. The van der Waals surface area contributed by atoms with Crippen molar-refractivity contribution >= 4 is 5.91 Å². The minimum absolute atomic E-state index is 0.237. The van der Waals surface area contributed by atoms with Gasteiger partial charge in [0.2, 0.25) is 0 Å². The van der Waals surface area contributed by atoms with Crippen molar-refractivity contribution in [3.8, 4) is 11.1 Å². The molecule has 0 aromatic heterocycles. The average molecular weight is 335 g/mol. The molecule has 1 amide bonds. The van der Waals surface area contributed by atoms with Crippen LogP contribution >= 0.6 is 0 Å². The van der Waals surface area contributed by atoms with Crippen LogP contribution in [-0.4, -0.2) is 28.7 Å². The second kappa shape index (κ2) is 6.28. The molecule has 1 unspecified atom stereocenters. The van der Waals surface area contributed by atoms with E-state index in [2.05, 4.69) is 0 Å². The molecule has 2 aromatic carbocycles. The van der Waals surface area contributed by atoms with Crippen LogP contribution < -0.4 is 0 Å². The second-order valence-corrected chi connectivity index (χ2v) is 5.77. The summed E-state index contributed by atoms with van der Waals surface area (Å²) in [4.78, 5) is 13.7. The highest BCUT2D eigenvalue weighted by atomic mass is 19.4. The molecule has 1 saturated heterocycles. The molecule has 0 radical (unpaired) electrons. The zero-order valence-corrected chi connectivity index (χ0v) is 12.8. The van der Waals surface area contributed by atoms with Crippen molar-refractivity contribution < 1.29 is 23.1 Å². The fourth-order valence-corrected chi connectivity index (χ4v) is 2.81. The van der Waals surface area contributed by atoms with Gasteiger partial charge in [-0.25, -0.2) is 0 Å². The summed E-state index contributed by atoms with van der Waals surface area (Å²) in [7, 11) is 0. The van der Waals surface area contributed by atoms with Crippen LogP contribution in [-0.2, 0) is 6.18 Å². The van der Waals surface area contributed by atoms with Crippen molar-refractivity contribution in [3.05, 3.63) is 59.7 Å². The number of carbonyl (C=O) groups excluding carboxylic acids is 1. The van der Waals surface area contributed by atoms with E-state index in [0.29, 0.717) is 24.1 Å². The molecule has 0 saturated carbocycles. The normalized spacial score (nSPS) is 18.0. The Balaban J connectivity index is 1.78. The molecule has 1 N–H and O–H groups in total. The summed E-state index contributed by atoms with van der Waals surface area (Å²) in [5.74, 6) is -0.237. The summed E-state index contributed by atoms with van der Waals surface area (Å²) >= 11 is 0. The molecule has 1 aliphatic heterocycles. The van der Waals surface area contributed by atoms with Gasteiger partial charge in [0.05, 0.1) is 5.56 Å². The van der Waals surface area contributed by atoms with Crippen LogP contribution in [0, 0.1) is 0 Å². The SMILES string of the molecule is O=C(c1ccc(-c2ccc(C(F)(F)F)cc2)cc1)N1CCCC1O. The Labute approximate surface area is 137 Å². The number of alkyl halides is 3. The summed E-state index contributed by atoms with van der Waals surface area (Å²) in [6, 6.07) is 11.5. The quantitative estimate of drug-likeness (QED) is 0.903. The van der Waals surface area contributed by atoms with E-state index in [-0.39, 0.29) is 5.91 Å². The van der Waals surface area contributed by atoms with Crippen LogP contribution in [0.15, 0.2) is 48.5 Å². The summed E-state index contributed by atoms with van der Waals surface area (Å²) in [5, 5.41) is 9.76. The molecule has 0 aliphatic carbocycles. The number of nitrogens with zero attached hydrogens (tertiary/aromatic N) is 1. The van der Waals surface area contributed by atoms with Crippen LogP contribution in [0.3, 0.4) is 0 Å². The first-order valence-electron chi connectivity index (χ1n) is 7.63. The van der Waals surface area contributed by atoms with Gasteiger partial charge in [-0.3, -0.25) is 4.79 Å². The summed E-state index contributed by atoms with van der Waals surface area (Å²) < 4.78 is 37.7. The van der Waals surface area contributed by atoms with Crippen molar-refractivity contribution in [2.24, 2.45) is 0 Å². The highest BCUT2D eigenvalue weighted by Crippen LogP contribution is 2.31. The third kappa shape index (κ3) is 3.28. The third-order valence-corrected chi connectivity index (χ3v) is 4.16. The van der Waals surface area contributed by atoms with Crippen LogP contribution in [0.25, 0.3) is 11.1 Å². The van der Waals surface area contributed by atoms with Gasteiger partial charge in [-0.1, -0.05) is 24.3 Å². The monoisotopic (exact) mass is 335 g/mol. The highest BCUT2D eigenvalue weighted by molar-refractivity contribution is 5.95. The number of amides is 1. The fourth-order valence-electron chi connectivity index (χ4n) is 2.81. The zero-order valence-electron chi connectivity index (χ0n) is 12.8. The molecule has 0 spiro atoms. The van der Waals surface area contributed by atoms with Gasteiger partial charge in [0, 0.05) is 12.1 Å². The lowest BCUT2D eigenvalue weighted by Gasteiger charge is -2.20. The minimum Gasteiger partial charge on any atom is -0.374 e. The maximum Gasteiger partial charge on any atom is 0.416 e. The minimum atomic E-state index is -4.36. The Bertz CT molecular complexity index is 723. The number of likely N-dealkylation sites (tertiary alicyclic amines) is 1. The molecular formula is C18H16F3NO2. The molecule has 1 aliphatic rings. The summed E-state index contributed by atoms with van der Waals surface area (Å²) in [6.07, 6.45) is -3.75. The smallest absolute Gasteiger partial charge is 0.374 e. The van der Waals surface area contributed by atoms with Gasteiger partial charge >= 0.3 is 6.18 Å². The molecule has 1 fully saturated rings. The number of benzene rings is 2. The predicted molar refractivity (Wildman–Crippen MR) is 83.2 cm³/mol. The van der Waals surface area contributed by atoms with Crippen LogP contribution in [0.4, 0.5) is 13.2 Å². The Morgan fingerprint density at radius 1 is 1.00 bits per heavy atom. The van der Waals surface area contributed by atoms with E-state index >= 15 is 0 Å². The molecule has 0 bridgehead atoms. The lowest BCUT2D eigenvalue weighted by molar-refractivity contribution is -0.137. The van der Waals surface area contributed by atoms with E-state index in [1.807, 2.05) is 0 Å². The van der Waals surface area contributed by atoms with E-state index in [1.54, 1.807) is 24.3 Å². The maximum absolute atomic E-state index is 12.6. The number of carbonyl (C=O) groups is 1. The molecule has 1 atom stereocenters. The fraction of sp³-hybridized carbons (Fsp3) is 0.278. The standard InChI is InChI=1S/C18H16F3NO2/c19-18(20,21)15-9-7-13(8-10-15)12-3-5-14(6-4-12)17(24)22-11-1-2-16(22)23/h3-10,16,23H,1-2,11H2. The molecule has 1 heterocycles. The number of rotatable bonds is 2. The highest BCUT2D eigenvalue weighted by Gasteiger charge is 2.30. The van der Waals surface area contributed by atoms with Gasteiger partial charge in [0.1, 0.15) is 6.23 Å². The van der Waals surface area contributed by atoms with Crippen molar-refractivity contribution in [1.82, 2.24) is 4.90 Å². The first-order valence-corrected chi connectivity index (χ1v) is 7.63. The van der Waals surface area contributed by atoms with Crippen LogP contribution in [0.2, 0.25) is 0 Å². The van der Waals surface area contributed by atoms with Gasteiger partial charge in [-0.05, 0) is 48.2 Å². The zero-order chi connectivity index (χ0) is 17.3. The van der Waals surface area contributed by atoms with Crippen molar-refractivity contribution in [2.75, 3.05) is 6.54 Å². The first kappa shape index (κ1) is 16.5. The molecule has 24 heavy (non-hydrogen) atoms. The third-order valence-electron chi connectivity index (χ3n) is 4.16. The second-order valence-electron chi connectivity index (χ2n) is 5.77. The van der Waals surface area contributed by atoms with Crippen molar-refractivity contribution in [3.63, 3.8) is 0 Å². The summed E-state index contributed by atoms with van der Waals surface area (Å²) in [5.41, 5.74) is 1.12. The van der Waals surface area contributed by atoms with Crippen LogP contribution in [0.5, 0.6) is 0 Å². The molecule has 126 valence electrons. The van der Waals surface area contributed by atoms with Crippen molar-refractivity contribution in [1.29, 1.82) is 0 Å². The Kier molecular flexibility index (Phi) is 4.32. The van der Waals surface area contributed by atoms with E-state index in [0.717, 1.165) is 24.1 Å². The van der Waals surface area contributed by atoms with E-state index in [9.17, 15) is 23.1 Å². The van der Waals surface area contributed by atoms with Gasteiger partial charge < -0.3 is 10.0 Å². The maximum atomic E-state index is 12.6. The molecule has 2 aromatic rings. The average Bonchev–Trinajstić information content (AvgIpc) is 3.00. The Hall–Kier alpha value is -2.34. The molecule has 6 heteroatoms. The number of aliphatic hydroxyl groups is 1. The topological polar surface area (TPSA) is 40.5 Å². The van der Waals surface area contributed by atoms with Gasteiger partial charge in [-0.15, -0.1) is 0 Å². The number of halogens is 3. The molecular weight excluding hydrogens is 319 g/mol. The predicted octanol–water partition coefficient (Wildman–Crippen LogP) is 3.93. The molecule has 3 rings (SSSR count). The Morgan fingerprint density at radius 3 is 2.00 bits per heavy atom. The number of hydrogen-bond acceptors (Lipinski definition) is 2. The first-order chi connectivity index (χ1) is 11.4. The largest absolute Gasteiger partial charge is 0.416 e. The van der Waals surface area contributed by atoms with Gasteiger partial charge in [0.15, 0.2) is 0 Å². The van der Waals surface area contributed by atoms with Gasteiger partial charge in [-0.2, -0.15) is 13.2 Å². The van der Waals surface area contributed by atoms with E-state index in [1.165, 1.54) is 17.0 Å². The van der Waals surface area contributed by atoms with Gasteiger partial charge in [0.25, 0.3) is 5.91 Å². The Morgan fingerprint density at radius 2 is 1.54 bits per heavy atom. The molecule has 3 nitrogen and oxygen atoms in total. The number of aliphatic hydroxyl groups excluding tert-OH is 1. The van der Waals surface area contributed by atoms with Crippen molar-refractivity contribution in [2.45, 2.75) is 25.2 Å². The number of hydrogen-bond donors (Lipinski definition) is 1. The summed E-state index contributed by atoms with van der Waals surface area (Å²) in [6.45, 7) is 0.528. The van der Waals surface area contributed by atoms with Crippen LogP contribution in [0.1, 0.15) is 28.8 Å². The van der Waals surface area contributed by atoms with E-state index < -0.39 is 18.0 Å².